The predicted octanol–water partition coefficient (Wildman–Crippen LogP) is 1.84. The van der Waals surface area contributed by atoms with Gasteiger partial charge >= 0.3 is 0 Å². The molecule has 0 aromatic carbocycles. The molecule has 0 radical (unpaired) electrons. The van der Waals surface area contributed by atoms with Crippen LogP contribution in [0.5, 0.6) is 0 Å². The highest BCUT2D eigenvalue weighted by Gasteiger charge is 2.22. The molecule has 0 aromatic heterocycles. The van der Waals surface area contributed by atoms with Gasteiger partial charge in [-0.3, -0.25) is 14.5 Å². The quantitative estimate of drug-likeness (QED) is 0.0724. The van der Waals surface area contributed by atoms with Crippen molar-refractivity contribution in [2.75, 3.05) is 118 Å². The smallest absolute Gasteiger partial charge is 0.253 e. The summed E-state index contributed by atoms with van der Waals surface area (Å²) in [7, 11) is 0. The lowest BCUT2D eigenvalue weighted by atomic mass is 10.2. The molecule has 0 bridgehead atoms. The summed E-state index contributed by atoms with van der Waals surface area (Å²) in [5.74, 6) is 0.136. The monoisotopic (exact) mass is 567 g/mol. The first kappa shape index (κ1) is 34.9. The number of alkyl halides is 1. The zero-order valence-electron chi connectivity index (χ0n) is 22.6. The summed E-state index contributed by atoms with van der Waals surface area (Å²) in [6.45, 7) is 8.30. The van der Waals surface area contributed by atoms with Crippen molar-refractivity contribution in [2.45, 2.75) is 25.7 Å². The molecule has 11 nitrogen and oxygen atoms in total. The molecule has 0 saturated carbocycles. The van der Waals surface area contributed by atoms with Gasteiger partial charge in [0, 0.05) is 24.6 Å². The molecule has 1 rings (SSSR count). The minimum absolute atomic E-state index is 0.246. The molecule has 222 valence electrons. The van der Waals surface area contributed by atoms with Crippen LogP contribution in [-0.4, -0.2) is 135 Å². The number of carbonyl (C=O) groups is 2. The Hall–Kier alpha value is -1.15. The second-order valence-corrected chi connectivity index (χ2v) is 8.54. The molecule has 0 fully saturated rings. The topological polar surface area (TPSA) is 111 Å². The van der Waals surface area contributed by atoms with Gasteiger partial charge < -0.3 is 37.9 Å². The molecular formula is C26H46ClNO10. The highest BCUT2D eigenvalue weighted by atomic mass is 35.5. The van der Waals surface area contributed by atoms with Crippen LogP contribution in [0.1, 0.15) is 25.7 Å². The number of ether oxygens (including phenoxy) is 8. The molecule has 0 aliphatic carbocycles. The van der Waals surface area contributed by atoms with Crippen molar-refractivity contribution in [3.63, 3.8) is 0 Å². The molecule has 0 atom stereocenters. The number of imide groups is 1. The lowest BCUT2D eigenvalue weighted by Gasteiger charge is -2.13. The summed E-state index contributed by atoms with van der Waals surface area (Å²) in [4.78, 5) is 23.9. The Balaban J connectivity index is 1.64. The molecule has 1 aliphatic rings. The lowest BCUT2D eigenvalue weighted by Crippen LogP contribution is -2.33. The number of hydrogen-bond donors (Lipinski definition) is 0. The molecule has 0 unspecified atom stereocenters. The third kappa shape index (κ3) is 21.7. The van der Waals surface area contributed by atoms with Gasteiger partial charge in [-0.1, -0.05) is 12.8 Å². The first-order chi connectivity index (χ1) is 18.8. The van der Waals surface area contributed by atoms with E-state index in [4.69, 9.17) is 49.5 Å². The minimum atomic E-state index is -0.302. The van der Waals surface area contributed by atoms with Crippen LogP contribution >= 0.6 is 11.6 Å². The van der Waals surface area contributed by atoms with Gasteiger partial charge in [0.15, 0.2) is 0 Å². The first-order valence-electron chi connectivity index (χ1n) is 13.5. The van der Waals surface area contributed by atoms with Gasteiger partial charge in [-0.25, -0.2) is 0 Å². The maximum Gasteiger partial charge on any atom is 0.253 e. The number of unbranched alkanes of at least 4 members (excludes halogenated alkanes) is 3. The minimum Gasteiger partial charge on any atom is -0.379 e. The number of amides is 2. The zero-order valence-corrected chi connectivity index (χ0v) is 23.4. The van der Waals surface area contributed by atoms with E-state index in [1.165, 1.54) is 18.6 Å². The van der Waals surface area contributed by atoms with Crippen molar-refractivity contribution in [1.29, 1.82) is 0 Å². The van der Waals surface area contributed by atoms with Crippen molar-refractivity contribution >= 4 is 23.4 Å². The predicted molar refractivity (Wildman–Crippen MR) is 142 cm³/mol. The number of nitrogens with zero attached hydrogens (tertiary/aromatic N) is 1. The number of rotatable bonds is 30. The van der Waals surface area contributed by atoms with Crippen LogP contribution in [0.25, 0.3) is 0 Å². The summed E-state index contributed by atoms with van der Waals surface area (Å²) in [6, 6.07) is 0. The maximum atomic E-state index is 11.4. The highest BCUT2D eigenvalue weighted by molar-refractivity contribution is 6.17. The number of hydrogen-bond acceptors (Lipinski definition) is 10. The maximum absolute atomic E-state index is 11.4. The zero-order chi connectivity index (χ0) is 27.4. The largest absolute Gasteiger partial charge is 0.379 e. The van der Waals surface area contributed by atoms with Gasteiger partial charge in [0.05, 0.1) is 106 Å². The Morgan fingerprint density at radius 1 is 0.447 bits per heavy atom. The van der Waals surface area contributed by atoms with E-state index in [9.17, 15) is 9.59 Å². The molecule has 38 heavy (non-hydrogen) atoms. The average Bonchev–Trinajstić information content (AvgIpc) is 3.24. The summed E-state index contributed by atoms with van der Waals surface area (Å²) in [5.41, 5.74) is 0. The van der Waals surface area contributed by atoms with E-state index < -0.39 is 0 Å². The van der Waals surface area contributed by atoms with Crippen LogP contribution in [0.3, 0.4) is 0 Å². The van der Waals surface area contributed by atoms with Crippen molar-refractivity contribution in [2.24, 2.45) is 0 Å². The number of halogens is 1. The van der Waals surface area contributed by atoms with E-state index in [0.717, 1.165) is 36.6 Å². The fourth-order valence-electron chi connectivity index (χ4n) is 3.10. The molecular weight excluding hydrogens is 522 g/mol. The van der Waals surface area contributed by atoms with Crippen molar-refractivity contribution < 1.29 is 47.5 Å². The van der Waals surface area contributed by atoms with Crippen LogP contribution in [0.4, 0.5) is 0 Å². The van der Waals surface area contributed by atoms with Gasteiger partial charge in [0.1, 0.15) is 0 Å². The normalized spacial score (nSPS) is 13.3. The molecule has 2 amide bonds. The van der Waals surface area contributed by atoms with E-state index in [2.05, 4.69) is 0 Å². The highest BCUT2D eigenvalue weighted by Crippen LogP contribution is 2.02. The third-order valence-corrected chi connectivity index (χ3v) is 5.40. The summed E-state index contributed by atoms with van der Waals surface area (Å²) >= 11 is 5.64. The van der Waals surface area contributed by atoms with E-state index in [0.29, 0.717) is 92.5 Å². The molecule has 0 saturated heterocycles. The Kier molecular flexibility index (Phi) is 25.2. The summed E-state index contributed by atoms with van der Waals surface area (Å²) in [5, 5.41) is 0. The summed E-state index contributed by atoms with van der Waals surface area (Å²) in [6.07, 6.45) is 6.99. The van der Waals surface area contributed by atoms with Gasteiger partial charge in [-0.05, 0) is 12.8 Å². The van der Waals surface area contributed by atoms with E-state index in [-0.39, 0.29) is 25.0 Å². The average molecular weight is 568 g/mol. The van der Waals surface area contributed by atoms with Gasteiger partial charge in [-0.15, -0.1) is 11.6 Å². The van der Waals surface area contributed by atoms with Crippen LogP contribution in [0, 0.1) is 0 Å². The van der Waals surface area contributed by atoms with E-state index >= 15 is 0 Å². The lowest BCUT2D eigenvalue weighted by molar-refractivity contribution is -0.137. The molecule has 0 aromatic rings. The summed E-state index contributed by atoms with van der Waals surface area (Å²) < 4.78 is 43.5. The van der Waals surface area contributed by atoms with Crippen molar-refractivity contribution in [1.82, 2.24) is 4.90 Å². The fraction of sp³-hybridized carbons (Fsp3) is 0.846. The second-order valence-electron chi connectivity index (χ2n) is 8.16. The van der Waals surface area contributed by atoms with Crippen LogP contribution in [0.15, 0.2) is 12.2 Å². The molecule has 1 heterocycles. The molecule has 1 aliphatic heterocycles. The Morgan fingerprint density at radius 2 is 0.763 bits per heavy atom. The third-order valence-electron chi connectivity index (χ3n) is 5.14. The second kappa shape index (κ2) is 27.4. The van der Waals surface area contributed by atoms with Crippen LogP contribution < -0.4 is 0 Å². The van der Waals surface area contributed by atoms with Crippen molar-refractivity contribution in [3.05, 3.63) is 12.2 Å². The first-order valence-corrected chi connectivity index (χ1v) is 14.0. The SMILES string of the molecule is O=C1C=CC(=O)N1CCOCCOCCOCCOCCOCCOCCOCCOCCCCCCCl. The Labute approximate surface area is 231 Å². The fourth-order valence-corrected chi connectivity index (χ4v) is 3.29. The van der Waals surface area contributed by atoms with Gasteiger partial charge in [0.2, 0.25) is 0 Å². The van der Waals surface area contributed by atoms with Crippen LogP contribution in [-0.2, 0) is 47.5 Å². The number of carbonyl (C=O) groups excluding carboxylic acids is 2. The Bertz CT molecular complexity index is 578. The van der Waals surface area contributed by atoms with Gasteiger partial charge in [-0.2, -0.15) is 0 Å². The van der Waals surface area contributed by atoms with Gasteiger partial charge in [0.25, 0.3) is 11.8 Å². The van der Waals surface area contributed by atoms with E-state index in [1.807, 2.05) is 0 Å². The molecule has 0 spiro atoms. The Morgan fingerprint density at radius 3 is 1.13 bits per heavy atom. The molecule has 0 N–H and O–H groups in total. The van der Waals surface area contributed by atoms with Crippen molar-refractivity contribution in [3.8, 4) is 0 Å². The van der Waals surface area contributed by atoms with E-state index in [1.54, 1.807) is 0 Å². The van der Waals surface area contributed by atoms with Crippen LogP contribution in [0.2, 0.25) is 0 Å². The molecule has 12 heteroatoms. The standard InChI is InChI=1S/C26H46ClNO10/c27-7-3-1-2-4-9-31-11-13-33-15-17-35-19-21-37-23-24-38-22-20-36-18-16-34-14-12-32-10-8-28-25(29)5-6-26(28)30/h5-6H,1-4,7-24H2.